The first-order valence-corrected chi connectivity index (χ1v) is 8.42. The van der Waals surface area contributed by atoms with Gasteiger partial charge in [-0.3, -0.25) is 4.99 Å². The van der Waals surface area contributed by atoms with Crippen LogP contribution in [0.1, 0.15) is 44.9 Å². The molecule has 0 radical (unpaired) electrons. The Bertz CT molecular complexity index is 404. The van der Waals surface area contributed by atoms with Crippen LogP contribution >= 0.6 is 24.0 Å². The van der Waals surface area contributed by atoms with Crippen molar-refractivity contribution in [3.05, 3.63) is 0 Å². The van der Waals surface area contributed by atoms with Gasteiger partial charge in [-0.05, 0) is 38.0 Å². The molecule has 0 aromatic heterocycles. The molecular formula is C16H28IN3O. The molecule has 4 fully saturated rings. The van der Waals surface area contributed by atoms with Gasteiger partial charge in [-0.15, -0.1) is 24.0 Å². The largest absolute Gasteiger partial charge is 0.377 e. The Labute approximate surface area is 144 Å². The summed E-state index contributed by atoms with van der Waals surface area (Å²) in [6.07, 6.45) is 9.95. The summed E-state index contributed by atoms with van der Waals surface area (Å²) in [5.41, 5.74) is 0.415. The van der Waals surface area contributed by atoms with Gasteiger partial charge in [0, 0.05) is 37.6 Å². The highest BCUT2D eigenvalue weighted by Crippen LogP contribution is 2.60. The van der Waals surface area contributed by atoms with E-state index < -0.39 is 0 Å². The van der Waals surface area contributed by atoms with E-state index >= 15 is 0 Å². The van der Waals surface area contributed by atoms with Gasteiger partial charge in [0.15, 0.2) is 5.96 Å². The van der Waals surface area contributed by atoms with Gasteiger partial charge in [-0.1, -0.05) is 12.8 Å². The molecule has 120 valence electrons. The zero-order valence-corrected chi connectivity index (χ0v) is 15.3. The van der Waals surface area contributed by atoms with Crippen molar-refractivity contribution in [3.63, 3.8) is 0 Å². The van der Waals surface area contributed by atoms with E-state index in [1.54, 1.807) is 0 Å². The van der Waals surface area contributed by atoms with Crippen molar-refractivity contribution in [2.24, 2.45) is 22.2 Å². The van der Waals surface area contributed by atoms with E-state index in [9.17, 15) is 0 Å². The summed E-state index contributed by atoms with van der Waals surface area (Å²) in [6, 6.07) is 0.586. The summed E-state index contributed by atoms with van der Waals surface area (Å²) >= 11 is 0. The quantitative estimate of drug-likeness (QED) is 0.431. The van der Waals surface area contributed by atoms with Gasteiger partial charge in [0.25, 0.3) is 0 Å². The Kier molecular flexibility index (Phi) is 4.69. The molecule has 2 N–H and O–H groups in total. The molecule has 4 nitrogen and oxygen atoms in total. The second-order valence-electron chi connectivity index (χ2n) is 7.20. The number of guanidine groups is 1. The minimum atomic E-state index is 0. The van der Waals surface area contributed by atoms with Gasteiger partial charge in [0.1, 0.15) is 0 Å². The molecule has 5 heteroatoms. The van der Waals surface area contributed by atoms with Gasteiger partial charge in [-0.25, -0.2) is 0 Å². The fourth-order valence-corrected chi connectivity index (χ4v) is 4.81. The predicted octanol–water partition coefficient (Wildman–Crippen LogP) is 2.53. The fourth-order valence-electron chi connectivity index (χ4n) is 4.81. The molecule has 3 saturated carbocycles. The van der Waals surface area contributed by atoms with Crippen molar-refractivity contribution >= 4 is 29.9 Å². The van der Waals surface area contributed by atoms with Gasteiger partial charge in [0.2, 0.25) is 0 Å². The molecule has 0 bridgehead atoms. The van der Waals surface area contributed by atoms with Gasteiger partial charge in [-0.2, -0.15) is 0 Å². The van der Waals surface area contributed by atoms with Crippen LogP contribution in [-0.2, 0) is 4.74 Å². The second-order valence-corrected chi connectivity index (χ2v) is 7.20. The van der Waals surface area contributed by atoms with Crippen LogP contribution < -0.4 is 10.6 Å². The molecule has 4 aliphatic rings. The molecule has 3 atom stereocenters. The number of hydrogen-bond acceptors (Lipinski definition) is 2. The van der Waals surface area contributed by atoms with Crippen LogP contribution in [0.15, 0.2) is 4.99 Å². The van der Waals surface area contributed by atoms with Crippen molar-refractivity contribution in [1.82, 2.24) is 10.6 Å². The highest BCUT2D eigenvalue weighted by atomic mass is 127. The standard InChI is InChI=1S/C16H27N3O.HI/c1-17-15(18-10-11-4-5-11)19-13-12-6-9-20-14(12)16(13)7-2-3-8-16;/h11-14H,2-10H2,1H3,(H2,17,18,19);1H. The second kappa shape index (κ2) is 6.22. The molecule has 0 aromatic carbocycles. The van der Waals surface area contributed by atoms with Gasteiger partial charge < -0.3 is 15.4 Å². The Hall–Kier alpha value is -0.0400. The van der Waals surface area contributed by atoms with E-state index in [4.69, 9.17) is 4.74 Å². The minimum absolute atomic E-state index is 0. The van der Waals surface area contributed by atoms with E-state index in [1.807, 2.05) is 7.05 Å². The SMILES string of the molecule is CN=C(NCC1CC1)NC1C2CCOC2C12CCCC2.I. The number of nitrogens with one attached hydrogen (secondary N) is 2. The topological polar surface area (TPSA) is 45.7 Å². The van der Waals surface area contributed by atoms with E-state index in [2.05, 4.69) is 15.6 Å². The lowest BCUT2D eigenvalue weighted by Crippen LogP contribution is -2.69. The fraction of sp³-hybridized carbons (Fsp3) is 0.938. The molecular weight excluding hydrogens is 377 g/mol. The first-order chi connectivity index (χ1) is 9.83. The van der Waals surface area contributed by atoms with Crippen LogP contribution in [0.2, 0.25) is 0 Å². The lowest BCUT2D eigenvalue weighted by Gasteiger charge is -2.57. The summed E-state index contributed by atoms with van der Waals surface area (Å²) in [5, 5.41) is 7.26. The Balaban J connectivity index is 0.00000132. The first-order valence-electron chi connectivity index (χ1n) is 8.42. The summed E-state index contributed by atoms with van der Waals surface area (Å²) in [6.45, 7) is 2.05. The van der Waals surface area contributed by atoms with Crippen LogP contribution in [0, 0.1) is 17.3 Å². The zero-order chi connectivity index (χ0) is 13.6. The average Bonchev–Trinajstić information content (AvgIpc) is 2.98. The monoisotopic (exact) mass is 405 g/mol. The lowest BCUT2D eigenvalue weighted by atomic mass is 9.54. The van der Waals surface area contributed by atoms with Crippen LogP contribution in [0.5, 0.6) is 0 Å². The Morgan fingerprint density at radius 1 is 1.24 bits per heavy atom. The highest BCUT2D eigenvalue weighted by molar-refractivity contribution is 14.0. The molecule has 1 aliphatic heterocycles. The molecule has 4 rings (SSSR count). The highest BCUT2D eigenvalue weighted by Gasteiger charge is 2.65. The molecule has 1 saturated heterocycles. The lowest BCUT2D eigenvalue weighted by molar-refractivity contribution is -0.125. The maximum absolute atomic E-state index is 6.04. The maximum atomic E-state index is 6.04. The first kappa shape index (κ1) is 15.8. The molecule has 0 aromatic rings. The van der Waals surface area contributed by atoms with Crippen molar-refractivity contribution < 1.29 is 4.74 Å². The van der Waals surface area contributed by atoms with Crippen molar-refractivity contribution in [2.75, 3.05) is 20.2 Å². The number of nitrogens with zero attached hydrogens (tertiary/aromatic N) is 1. The van der Waals surface area contributed by atoms with Gasteiger partial charge >= 0.3 is 0 Å². The van der Waals surface area contributed by atoms with Crippen LogP contribution in [0.25, 0.3) is 0 Å². The molecule has 1 heterocycles. The summed E-state index contributed by atoms with van der Waals surface area (Å²) in [5.74, 6) is 2.61. The average molecular weight is 405 g/mol. The van der Waals surface area contributed by atoms with E-state index in [0.29, 0.717) is 23.5 Å². The predicted molar refractivity (Wildman–Crippen MR) is 95.2 cm³/mol. The zero-order valence-electron chi connectivity index (χ0n) is 12.9. The molecule has 3 aliphatic carbocycles. The number of ether oxygens (including phenoxy) is 1. The Morgan fingerprint density at radius 3 is 2.67 bits per heavy atom. The number of aliphatic imine (C=N–C) groups is 1. The smallest absolute Gasteiger partial charge is 0.191 e. The molecule has 1 spiro atoms. The summed E-state index contributed by atoms with van der Waals surface area (Å²) in [4.78, 5) is 4.43. The number of halogens is 1. The Morgan fingerprint density at radius 2 is 2.00 bits per heavy atom. The van der Waals surface area contributed by atoms with Gasteiger partial charge in [0.05, 0.1) is 6.10 Å². The van der Waals surface area contributed by atoms with Crippen molar-refractivity contribution in [2.45, 2.75) is 57.1 Å². The van der Waals surface area contributed by atoms with E-state index in [0.717, 1.165) is 25.0 Å². The van der Waals surface area contributed by atoms with Crippen LogP contribution in [-0.4, -0.2) is 38.3 Å². The number of rotatable bonds is 3. The number of hydrogen-bond donors (Lipinski definition) is 2. The molecule has 21 heavy (non-hydrogen) atoms. The van der Waals surface area contributed by atoms with Crippen molar-refractivity contribution in [3.8, 4) is 0 Å². The minimum Gasteiger partial charge on any atom is -0.377 e. The normalized spacial score (nSPS) is 36.8. The van der Waals surface area contributed by atoms with E-state index in [1.165, 1.54) is 44.9 Å². The third kappa shape index (κ3) is 2.69. The number of fused-ring (bicyclic) bond motifs is 2. The summed E-state index contributed by atoms with van der Waals surface area (Å²) in [7, 11) is 1.89. The third-order valence-corrected chi connectivity index (χ3v) is 6.06. The third-order valence-electron chi connectivity index (χ3n) is 6.06. The van der Waals surface area contributed by atoms with Crippen LogP contribution in [0.4, 0.5) is 0 Å². The van der Waals surface area contributed by atoms with Crippen LogP contribution in [0.3, 0.4) is 0 Å². The molecule has 3 unspecified atom stereocenters. The molecule has 0 amide bonds. The maximum Gasteiger partial charge on any atom is 0.191 e. The summed E-state index contributed by atoms with van der Waals surface area (Å²) < 4.78 is 6.04. The van der Waals surface area contributed by atoms with Crippen molar-refractivity contribution in [1.29, 1.82) is 0 Å². The van der Waals surface area contributed by atoms with E-state index in [-0.39, 0.29) is 24.0 Å².